The quantitative estimate of drug-likeness (QED) is 0.220. The van der Waals surface area contributed by atoms with Crippen LogP contribution in [0, 0.1) is 0 Å². The molecule has 0 bridgehead atoms. The predicted octanol–water partition coefficient (Wildman–Crippen LogP) is 8.71. The van der Waals surface area contributed by atoms with Crippen LogP contribution in [0.5, 0.6) is 0 Å². The minimum Gasteiger partial charge on any atom is -0.0616 e. The summed E-state index contributed by atoms with van der Waals surface area (Å²) in [5.74, 6) is 0. The molecule has 0 amide bonds. The molecule has 35 heavy (non-hydrogen) atoms. The van der Waals surface area contributed by atoms with Crippen LogP contribution in [0.3, 0.4) is 0 Å². The van der Waals surface area contributed by atoms with Gasteiger partial charge in [-0.15, -0.1) is 0 Å². The topological polar surface area (TPSA) is 0 Å². The summed E-state index contributed by atoms with van der Waals surface area (Å²) in [6.07, 6.45) is 3.14. The van der Waals surface area contributed by atoms with Gasteiger partial charge in [0.2, 0.25) is 0 Å². The Morgan fingerprint density at radius 3 is 1.43 bits per heavy atom. The molecule has 0 aromatic heterocycles. The lowest BCUT2D eigenvalue weighted by atomic mass is 9.96. The molecule has 0 heterocycles. The Kier molecular flexibility index (Phi) is 3.27. The van der Waals surface area contributed by atoms with E-state index < -0.39 is 0 Å². The van der Waals surface area contributed by atoms with Gasteiger partial charge in [-0.05, 0) is 120 Å². The number of hydrogen-bond acceptors (Lipinski definition) is 0. The molecule has 3 aliphatic carbocycles. The number of benzene rings is 6. The molecule has 0 heteroatoms. The van der Waals surface area contributed by atoms with E-state index in [1.54, 1.807) is 11.1 Å². The lowest BCUT2D eigenvalue weighted by Crippen LogP contribution is -1.91. The predicted molar refractivity (Wildman–Crippen MR) is 146 cm³/mol. The maximum Gasteiger partial charge on any atom is -0.000421 e. The standard InChI is InChI=1S/C35H22/c1-3-7-24-20(5-1)10-12-28-30-16-23-18-33-29(31(23)15-22(30)17-32(24)28)14-13-27-26-11-9-21-6-2-4-8-25(21)34(26)19-35(27)33/h1-16H,17-19H2. The smallest absolute Gasteiger partial charge is 0.000421 e. The van der Waals surface area contributed by atoms with E-state index in [0.717, 1.165) is 19.3 Å². The third-order valence-electron chi connectivity index (χ3n) is 8.80. The summed E-state index contributed by atoms with van der Waals surface area (Å²) < 4.78 is 0. The van der Waals surface area contributed by atoms with E-state index in [0.29, 0.717) is 0 Å². The first kappa shape index (κ1) is 18.2. The molecular formula is C35H22. The largest absolute Gasteiger partial charge is 0.0616 e. The average molecular weight is 443 g/mol. The van der Waals surface area contributed by atoms with E-state index >= 15 is 0 Å². The van der Waals surface area contributed by atoms with Crippen molar-refractivity contribution in [1.82, 2.24) is 0 Å². The van der Waals surface area contributed by atoms with E-state index in [1.807, 2.05) is 0 Å². The first-order valence-electron chi connectivity index (χ1n) is 12.7. The highest BCUT2D eigenvalue weighted by molar-refractivity contribution is 5.99. The van der Waals surface area contributed by atoms with Gasteiger partial charge in [-0.3, -0.25) is 0 Å². The lowest BCUT2D eigenvalue weighted by molar-refractivity contribution is 1.17. The van der Waals surface area contributed by atoms with Crippen LogP contribution in [-0.4, -0.2) is 0 Å². The SMILES string of the molecule is c1ccc2c3c(ccc2c1)-c1cc2c(cc1C3)-c1ccc3c(c1C2)Cc1c-3ccc2ccccc12. The van der Waals surface area contributed by atoms with Crippen molar-refractivity contribution in [2.45, 2.75) is 19.3 Å². The van der Waals surface area contributed by atoms with E-state index in [2.05, 4.69) is 97.1 Å². The molecule has 3 aliphatic rings. The van der Waals surface area contributed by atoms with Crippen LogP contribution >= 0.6 is 0 Å². The van der Waals surface area contributed by atoms with Crippen molar-refractivity contribution >= 4 is 21.5 Å². The zero-order chi connectivity index (χ0) is 22.7. The third-order valence-corrected chi connectivity index (χ3v) is 8.80. The molecule has 0 N–H and O–H groups in total. The molecule has 0 radical (unpaired) electrons. The maximum atomic E-state index is 2.51. The number of hydrogen-bond donors (Lipinski definition) is 0. The second-order valence-electron chi connectivity index (χ2n) is 10.4. The molecule has 6 aromatic rings. The molecular weight excluding hydrogens is 420 g/mol. The highest BCUT2D eigenvalue weighted by Gasteiger charge is 2.31. The van der Waals surface area contributed by atoms with Gasteiger partial charge in [0, 0.05) is 0 Å². The van der Waals surface area contributed by atoms with Crippen LogP contribution in [0.1, 0.15) is 33.4 Å². The van der Waals surface area contributed by atoms with Gasteiger partial charge in [0.25, 0.3) is 0 Å². The molecule has 0 atom stereocenters. The highest BCUT2D eigenvalue weighted by atomic mass is 14.3. The van der Waals surface area contributed by atoms with Gasteiger partial charge in [-0.2, -0.15) is 0 Å². The Morgan fingerprint density at radius 1 is 0.343 bits per heavy atom. The summed E-state index contributed by atoms with van der Waals surface area (Å²) in [4.78, 5) is 0. The van der Waals surface area contributed by atoms with E-state index in [1.165, 1.54) is 77.2 Å². The second kappa shape index (κ2) is 6.29. The van der Waals surface area contributed by atoms with Crippen molar-refractivity contribution < 1.29 is 0 Å². The fourth-order valence-electron chi connectivity index (χ4n) is 7.20. The highest BCUT2D eigenvalue weighted by Crippen LogP contribution is 2.50. The Bertz CT molecular complexity index is 1920. The zero-order valence-electron chi connectivity index (χ0n) is 19.4. The molecule has 0 aliphatic heterocycles. The summed E-state index contributed by atoms with van der Waals surface area (Å²) in [6.45, 7) is 0. The molecule has 0 nitrogen and oxygen atoms in total. The first-order valence-corrected chi connectivity index (χ1v) is 12.7. The van der Waals surface area contributed by atoms with Gasteiger partial charge in [0.1, 0.15) is 0 Å². The van der Waals surface area contributed by atoms with Gasteiger partial charge < -0.3 is 0 Å². The number of fused-ring (bicyclic) bond motifs is 14. The van der Waals surface area contributed by atoms with Crippen molar-refractivity contribution in [1.29, 1.82) is 0 Å². The van der Waals surface area contributed by atoms with E-state index in [9.17, 15) is 0 Å². The van der Waals surface area contributed by atoms with Crippen molar-refractivity contribution in [2.75, 3.05) is 0 Å². The minimum atomic E-state index is 1.04. The molecule has 0 saturated heterocycles. The Hall–Kier alpha value is -4.16. The van der Waals surface area contributed by atoms with Crippen LogP contribution < -0.4 is 0 Å². The molecule has 0 spiro atoms. The van der Waals surface area contributed by atoms with Crippen LogP contribution in [0.15, 0.2) is 97.1 Å². The maximum absolute atomic E-state index is 2.51. The fourth-order valence-corrected chi connectivity index (χ4v) is 7.20. The summed E-state index contributed by atoms with van der Waals surface area (Å²) in [7, 11) is 0. The molecule has 9 rings (SSSR count). The fraction of sp³-hybridized carbons (Fsp3) is 0.0857. The van der Waals surface area contributed by atoms with Crippen molar-refractivity contribution in [3.05, 3.63) is 130 Å². The Morgan fingerprint density at radius 2 is 0.771 bits per heavy atom. The summed E-state index contributed by atoms with van der Waals surface area (Å²) in [6, 6.07) is 36.7. The van der Waals surface area contributed by atoms with E-state index in [4.69, 9.17) is 0 Å². The lowest BCUT2D eigenvalue weighted by Gasteiger charge is -2.08. The minimum absolute atomic E-state index is 1.04. The van der Waals surface area contributed by atoms with Crippen molar-refractivity contribution in [3.8, 4) is 33.4 Å². The zero-order valence-corrected chi connectivity index (χ0v) is 19.4. The molecule has 162 valence electrons. The van der Waals surface area contributed by atoms with Crippen LogP contribution in [0.4, 0.5) is 0 Å². The normalized spacial score (nSPS) is 13.9. The van der Waals surface area contributed by atoms with E-state index in [-0.39, 0.29) is 0 Å². The van der Waals surface area contributed by atoms with Gasteiger partial charge in [-0.1, -0.05) is 84.9 Å². The molecule has 6 aromatic carbocycles. The summed E-state index contributed by atoms with van der Waals surface area (Å²) in [5.41, 5.74) is 17.8. The number of rotatable bonds is 0. The summed E-state index contributed by atoms with van der Waals surface area (Å²) >= 11 is 0. The monoisotopic (exact) mass is 442 g/mol. The molecule has 0 unspecified atom stereocenters. The van der Waals surface area contributed by atoms with Gasteiger partial charge in [0.05, 0.1) is 0 Å². The second-order valence-corrected chi connectivity index (χ2v) is 10.4. The third kappa shape index (κ3) is 2.27. The van der Waals surface area contributed by atoms with Crippen LogP contribution in [0.25, 0.3) is 54.9 Å². The van der Waals surface area contributed by atoms with Gasteiger partial charge in [0.15, 0.2) is 0 Å². The average Bonchev–Trinajstić information content (AvgIpc) is 3.58. The molecule has 0 fully saturated rings. The van der Waals surface area contributed by atoms with Crippen molar-refractivity contribution in [2.24, 2.45) is 0 Å². The van der Waals surface area contributed by atoms with Gasteiger partial charge in [-0.25, -0.2) is 0 Å². The Balaban J connectivity index is 1.19. The first-order chi connectivity index (χ1) is 17.3. The Labute approximate surface area is 204 Å². The van der Waals surface area contributed by atoms with Crippen molar-refractivity contribution in [3.63, 3.8) is 0 Å². The van der Waals surface area contributed by atoms with Crippen LogP contribution in [0.2, 0.25) is 0 Å². The molecule has 0 saturated carbocycles. The summed E-state index contributed by atoms with van der Waals surface area (Å²) in [5, 5.41) is 5.51. The van der Waals surface area contributed by atoms with Crippen LogP contribution in [-0.2, 0) is 19.3 Å². The van der Waals surface area contributed by atoms with Gasteiger partial charge >= 0.3 is 0 Å².